The molecular weight excluding hydrogens is 232 g/mol. The van der Waals surface area contributed by atoms with Gasteiger partial charge >= 0.3 is 0 Å². The van der Waals surface area contributed by atoms with Crippen molar-refractivity contribution in [3.8, 4) is 0 Å². The summed E-state index contributed by atoms with van der Waals surface area (Å²) in [5.74, 6) is 0. The second-order valence-electron chi connectivity index (χ2n) is 5.80. The molecule has 0 saturated carbocycles. The van der Waals surface area contributed by atoms with Gasteiger partial charge in [-0.3, -0.25) is 4.90 Å². The molecule has 0 amide bonds. The average Bonchev–Trinajstić information content (AvgIpc) is 2.46. The summed E-state index contributed by atoms with van der Waals surface area (Å²) in [6.45, 7) is 8.25. The van der Waals surface area contributed by atoms with Crippen molar-refractivity contribution in [2.75, 3.05) is 19.6 Å². The van der Waals surface area contributed by atoms with Gasteiger partial charge in [-0.2, -0.15) is 0 Å². The molecule has 106 valence electrons. The predicted molar refractivity (Wildman–Crippen MR) is 82.5 cm³/mol. The largest absolute Gasteiger partial charge is 0.311 e. The van der Waals surface area contributed by atoms with Gasteiger partial charge in [0.25, 0.3) is 0 Å². The number of nitrogens with zero attached hydrogens (tertiary/aromatic N) is 1. The Bertz CT molecular complexity index is 350. The van der Waals surface area contributed by atoms with Crippen molar-refractivity contribution in [1.82, 2.24) is 10.2 Å². The topological polar surface area (TPSA) is 15.3 Å². The number of unbranched alkanes of at least 4 members (excludes halogenated alkanes) is 1. The fourth-order valence-electron chi connectivity index (χ4n) is 2.87. The van der Waals surface area contributed by atoms with E-state index in [2.05, 4.69) is 54.4 Å². The SMILES string of the molecule is CCC1CN(CCCCc2ccccc2)C(C)CN1. The molecular formula is C17H28N2. The summed E-state index contributed by atoms with van der Waals surface area (Å²) in [4.78, 5) is 2.66. The number of nitrogens with one attached hydrogen (secondary N) is 1. The molecule has 0 bridgehead atoms. The van der Waals surface area contributed by atoms with Crippen LogP contribution in [0.2, 0.25) is 0 Å². The molecule has 1 heterocycles. The lowest BCUT2D eigenvalue weighted by Crippen LogP contribution is -2.55. The van der Waals surface area contributed by atoms with E-state index in [0.717, 1.165) is 6.54 Å². The minimum Gasteiger partial charge on any atom is -0.311 e. The molecule has 0 aliphatic carbocycles. The fourth-order valence-corrected chi connectivity index (χ4v) is 2.87. The van der Waals surface area contributed by atoms with E-state index in [1.165, 1.54) is 44.3 Å². The van der Waals surface area contributed by atoms with E-state index in [0.29, 0.717) is 12.1 Å². The Morgan fingerprint density at radius 3 is 2.74 bits per heavy atom. The van der Waals surface area contributed by atoms with Crippen LogP contribution in [-0.2, 0) is 6.42 Å². The van der Waals surface area contributed by atoms with E-state index < -0.39 is 0 Å². The summed E-state index contributed by atoms with van der Waals surface area (Å²) >= 11 is 0. The summed E-state index contributed by atoms with van der Waals surface area (Å²) in [6.07, 6.45) is 5.08. The standard InChI is InChI=1S/C17H28N2/c1-3-17-14-19(15(2)13-18-17)12-8-7-11-16-9-5-4-6-10-16/h4-6,9-10,15,17-18H,3,7-8,11-14H2,1-2H3. The highest BCUT2D eigenvalue weighted by atomic mass is 15.2. The van der Waals surface area contributed by atoms with Gasteiger partial charge in [-0.05, 0) is 44.7 Å². The molecule has 1 aliphatic heterocycles. The molecule has 2 unspecified atom stereocenters. The second kappa shape index (κ2) is 7.66. The molecule has 0 aromatic heterocycles. The molecule has 2 rings (SSSR count). The molecule has 1 aliphatic rings. The third-order valence-corrected chi connectivity index (χ3v) is 4.28. The molecule has 1 saturated heterocycles. The van der Waals surface area contributed by atoms with E-state index in [-0.39, 0.29) is 0 Å². The maximum Gasteiger partial charge on any atom is 0.0193 e. The minimum atomic E-state index is 0.694. The van der Waals surface area contributed by atoms with Crippen LogP contribution < -0.4 is 5.32 Å². The van der Waals surface area contributed by atoms with Crippen LogP contribution in [0, 0.1) is 0 Å². The lowest BCUT2D eigenvalue weighted by atomic mass is 10.1. The molecule has 1 aromatic carbocycles. The van der Waals surface area contributed by atoms with Crippen molar-refractivity contribution in [3.05, 3.63) is 35.9 Å². The molecule has 1 N–H and O–H groups in total. The third-order valence-electron chi connectivity index (χ3n) is 4.28. The molecule has 2 nitrogen and oxygen atoms in total. The lowest BCUT2D eigenvalue weighted by Gasteiger charge is -2.38. The van der Waals surface area contributed by atoms with Crippen LogP contribution in [0.3, 0.4) is 0 Å². The van der Waals surface area contributed by atoms with Gasteiger partial charge in [0.05, 0.1) is 0 Å². The summed E-state index contributed by atoms with van der Waals surface area (Å²) in [7, 11) is 0. The van der Waals surface area contributed by atoms with Gasteiger partial charge in [0.15, 0.2) is 0 Å². The van der Waals surface area contributed by atoms with Crippen molar-refractivity contribution in [2.45, 2.75) is 51.6 Å². The molecule has 2 atom stereocenters. The van der Waals surface area contributed by atoms with Crippen LogP contribution in [0.5, 0.6) is 0 Å². The Kier molecular flexibility index (Phi) is 5.87. The van der Waals surface area contributed by atoms with Crippen molar-refractivity contribution in [2.24, 2.45) is 0 Å². The van der Waals surface area contributed by atoms with Gasteiger partial charge in [-0.25, -0.2) is 0 Å². The number of benzene rings is 1. The van der Waals surface area contributed by atoms with Gasteiger partial charge in [0, 0.05) is 25.2 Å². The number of piperazine rings is 1. The van der Waals surface area contributed by atoms with E-state index in [1.54, 1.807) is 0 Å². The first-order valence-electron chi connectivity index (χ1n) is 7.81. The zero-order chi connectivity index (χ0) is 13.5. The van der Waals surface area contributed by atoms with E-state index in [9.17, 15) is 0 Å². The normalized spacial score (nSPS) is 24.5. The van der Waals surface area contributed by atoms with Gasteiger partial charge in [-0.1, -0.05) is 37.3 Å². The van der Waals surface area contributed by atoms with Crippen molar-refractivity contribution < 1.29 is 0 Å². The zero-order valence-corrected chi connectivity index (χ0v) is 12.4. The van der Waals surface area contributed by atoms with Crippen molar-refractivity contribution in [3.63, 3.8) is 0 Å². The average molecular weight is 260 g/mol. The molecule has 2 heteroatoms. The van der Waals surface area contributed by atoms with Crippen LogP contribution in [0.4, 0.5) is 0 Å². The first-order valence-corrected chi connectivity index (χ1v) is 7.81. The fraction of sp³-hybridized carbons (Fsp3) is 0.647. The monoisotopic (exact) mass is 260 g/mol. The van der Waals surface area contributed by atoms with Gasteiger partial charge < -0.3 is 5.32 Å². The van der Waals surface area contributed by atoms with Crippen LogP contribution >= 0.6 is 0 Å². The minimum absolute atomic E-state index is 0.694. The summed E-state index contributed by atoms with van der Waals surface area (Å²) in [5.41, 5.74) is 1.47. The number of hydrogen-bond donors (Lipinski definition) is 1. The van der Waals surface area contributed by atoms with Gasteiger partial charge in [-0.15, -0.1) is 0 Å². The molecule has 19 heavy (non-hydrogen) atoms. The summed E-state index contributed by atoms with van der Waals surface area (Å²) in [5, 5.41) is 3.62. The first kappa shape index (κ1) is 14.5. The highest BCUT2D eigenvalue weighted by Crippen LogP contribution is 2.11. The maximum absolute atomic E-state index is 3.62. The maximum atomic E-state index is 3.62. The zero-order valence-electron chi connectivity index (χ0n) is 12.4. The molecule has 1 fully saturated rings. The Labute approximate surface area is 118 Å². The van der Waals surface area contributed by atoms with Crippen LogP contribution in [0.25, 0.3) is 0 Å². The Morgan fingerprint density at radius 2 is 2.00 bits per heavy atom. The van der Waals surface area contributed by atoms with Crippen LogP contribution in [-0.4, -0.2) is 36.6 Å². The Hall–Kier alpha value is -0.860. The molecule has 1 aromatic rings. The Morgan fingerprint density at radius 1 is 1.21 bits per heavy atom. The molecule has 0 spiro atoms. The smallest absolute Gasteiger partial charge is 0.0193 e. The Balaban J connectivity index is 1.67. The van der Waals surface area contributed by atoms with E-state index in [4.69, 9.17) is 0 Å². The predicted octanol–water partition coefficient (Wildman–Crippen LogP) is 3.08. The van der Waals surface area contributed by atoms with Gasteiger partial charge in [0.1, 0.15) is 0 Å². The van der Waals surface area contributed by atoms with E-state index in [1.807, 2.05) is 0 Å². The quantitative estimate of drug-likeness (QED) is 0.791. The van der Waals surface area contributed by atoms with Gasteiger partial charge in [0.2, 0.25) is 0 Å². The highest BCUT2D eigenvalue weighted by molar-refractivity contribution is 5.14. The number of hydrogen-bond acceptors (Lipinski definition) is 2. The third kappa shape index (κ3) is 4.63. The summed E-state index contributed by atoms with van der Waals surface area (Å²) < 4.78 is 0. The highest BCUT2D eigenvalue weighted by Gasteiger charge is 2.22. The second-order valence-corrected chi connectivity index (χ2v) is 5.80. The van der Waals surface area contributed by atoms with Crippen molar-refractivity contribution in [1.29, 1.82) is 0 Å². The molecule has 0 radical (unpaired) electrons. The van der Waals surface area contributed by atoms with E-state index >= 15 is 0 Å². The first-order chi connectivity index (χ1) is 9.29. The number of rotatable bonds is 6. The van der Waals surface area contributed by atoms with Crippen LogP contribution in [0.1, 0.15) is 38.7 Å². The summed E-state index contributed by atoms with van der Waals surface area (Å²) in [6, 6.07) is 12.2. The number of aryl methyl sites for hydroxylation is 1. The lowest BCUT2D eigenvalue weighted by molar-refractivity contribution is 0.137. The van der Waals surface area contributed by atoms with Crippen molar-refractivity contribution >= 4 is 0 Å². The van der Waals surface area contributed by atoms with Crippen LogP contribution in [0.15, 0.2) is 30.3 Å².